The first-order chi connectivity index (χ1) is 14.9. The van der Waals surface area contributed by atoms with Gasteiger partial charge < -0.3 is 5.32 Å². The van der Waals surface area contributed by atoms with E-state index < -0.39 is 32.5 Å². The molecule has 0 unspecified atom stereocenters. The lowest BCUT2D eigenvalue weighted by atomic mass is 10.1. The van der Waals surface area contributed by atoms with Crippen LogP contribution in [0.25, 0.3) is 10.8 Å². The number of sulfonamides is 2. The molecule has 3 aromatic carbocycles. The van der Waals surface area contributed by atoms with E-state index in [0.717, 1.165) is 19.4 Å². The van der Waals surface area contributed by atoms with Crippen LogP contribution in [0.4, 0.5) is 5.69 Å². The molecule has 0 spiro atoms. The highest BCUT2D eigenvalue weighted by Crippen LogP contribution is 2.23. The number of likely N-dealkylation sites (N-methyl/N-ethyl adjacent to an activating group) is 1. The highest BCUT2D eigenvalue weighted by atomic mass is 32.2. The molecule has 0 aliphatic heterocycles. The molecule has 1 N–H and O–H groups in total. The van der Waals surface area contributed by atoms with Crippen LogP contribution >= 0.6 is 0 Å². The Bertz CT molecular complexity index is 1380. The number of hydrogen-bond donors (Lipinski definition) is 1. The molecule has 1 amide bonds. The summed E-state index contributed by atoms with van der Waals surface area (Å²) < 4.78 is 52.7. The molecule has 0 aliphatic rings. The number of carbonyl (C=O) groups excluding carboxylic acids is 1. The summed E-state index contributed by atoms with van der Waals surface area (Å²) in [7, 11) is -3.42. The number of rotatable bonds is 7. The average molecular weight is 476 g/mol. The maximum atomic E-state index is 13.0. The SMILES string of the molecule is Cc1ccc(S(=O)(=O)N(C)C)cc1NC(=O)CN(C)S(=O)(=O)c1ccc2ccccc2c1. The summed E-state index contributed by atoms with van der Waals surface area (Å²) in [6.07, 6.45) is 0. The van der Waals surface area contributed by atoms with Crippen molar-refractivity contribution in [3.05, 3.63) is 66.2 Å². The number of anilines is 1. The Morgan fingerprint density at radius 2 is 1.41 bits per heavy atom. The predicted molar refractivity (Wildman–Crippen MR) is 124 cm³/mol. The number of fused-ring (bicyclic) bond motifs is 1. The fourth-order valence-corrected chi connectivity index (χ4v) is 5.18. The van der Waals surface area contributed by atoms with Crippen molar-refractivity contribution in [1.82, 2.24) is 8.61 Å². The Morgan fingerprint density at radius 1 is 0.812 bits per heavy atom. The van der Waals surface area contributed by atoms with Gasteiger partial charge >= 0.3 is 0 Å². The Hall–Kier alpha value is -2.79. The van der Waals surface area contributed by atoms with Crippen molar-refractivity contribution in [2.45, 2.75) is 16.7 Å². The molecule has 32 heavy (non-hydrogen) atoms. The Balaban J connectivity index is 1.79. The third-order valence-electron chi connectivity index (χ3n) is 5.06. The zero-order chi connectivity index (χ0) is 23.7. The van der Waals surface area contributed by atoms with Gasteiger partial charge in [0.05, 0.1) is 16.3 Å². The molecule has 10 heteroatoms. The lowest BCUT2D eigenvalue weighted by Crippen LogP contribution is -2.35. The van der Waals surface area contributed by atoms with E-state index in [9.17, 15) is 21.6 Å². The van der Waals surface area contributed by atoms with E-state index in [1.165, 1.54) is 39.3 Å². The van der Waals surface area contributed by atoms with Crippen molar-refractivity contribution in [2.24, 2.45) is 0 Å². The van der Waals surface area contributed by atoms with Gasteiger partial charge in [-0.2, -0.15) is 4.31 Å². The van der Waals surface area contributed by atoms with E-state index in [0.29, 0.717) is 11.3 Å². The van der Waals surface area contributed by atoms with Gasteiger partial charge in [0.25, 0.3) is 0 Å². The second-order valence-corrected chi connectivity index (χ2v) is 11.8. The van der Waals surface area contributed by atoms with Crippen molar-refractivity contribution in [3.8, 4) is 0 Å². The fraction of sp³-hybridized carbons (Fsp3) is 0.227. The third kappa shape index (κ3) is 4.83. The first-order valence-corrected chi connectivity index (χ1v) is 12.6. The summed E-state index contributed by atoms with van der Waals surface area (Å²) in [6.45, 7) is 1.29. The fourth-order valence-electron chi connectivity index (χ4n) is 3.09. The zero-order valence-electron chi connectivity index (χ0n) is 18.2. The summed E-state index contributed by atoms with van der Waals surface area (Å²) in [5.41, 5.74) is 0.950. The molecule has 0 fully saturated rings. The molecule has 170 valence electrons. The summed E-state index contributed by atoms with van der Waals surface area (Å²) in [6, 6.07) is 16.6. The van der Waals surface area contributed by atoms with Crippen molar-refractivity contribution in [1.29, 1.82) is 0 Å². The largest absolute Gasteiger partial charge is 0.325 e. The van der Waals surface area contributed by atoms with Gasteiger partial charge in [-0.3, -0.25) is 4.79 Å². The van der Waals surface area contributed by atoms with Crippen LogP contribution in [0, 0.1) is 6.92 Å². The van der Waals surface area contributed by atoms with Gasteiger partial charge in [0, 0.05) is 26.8 Å². The highest BCUT2D eigenvalue weighted by Gasteiger charge is 2.24. The molecular weight excluding hydrogens is 450 g/mol. The quantitative estimate of drug-likeness (QED) is 0.566. The molecule has 3 rings (SSSR count). The van der Waals surface area contributed by atoms with Crippen LogP contribution in [-0.2, 0) is 24.8 Å². The van der Waals surface area contributed by atoms with Gasteiger partial charge in [-0.25, -0.2) is 21.1 Å². The summed E-state index contributed by atoms with van der Waals surface area (Å²) in [4.78, 5) is 12.7. The van der Waals surface area contributed by atoms with Crippen LogP contribution < -0.4 is 5.32 Å². The van der Waals surface area contributed by atoms with E-state index >= 15 is 0 Å². The first kappa shape index (κ1) is 23.9. The topological polar surface area (TPSA) is 104 Å². The predicted octanol–water partition coefficient (Wildman–Crippen LogP) is 2.66. The Labute approximate surface area is 188 Å². The minimum atomic E-state index is -3.90. The number of benzene rings is 3. The van der Waals surface area contributed by atoms with E-state index in [-0.39, 0.29) is 9.79 Å². The van der Waals surface area contributed by atoms with Crippen LogP contribution in [0.3, 0.4) is 0 Å². The summed E-state index contributed by atoms with van der Waals surface area (Å²) in [5.74, 6) is -0.584. The zero-order valence-corrected chi connectivity index (χ0v) is 19.9. The molecule has 0 aliphatic carbocycles. The molecule has 0 saturated heterocycles. The first-order valence-electron chi connectivity index (χ1n) is 9.71. The molecule has 0 aromatic heterocycles. The minimum absolute atomic E-state index is 0.0283. The standard InChI is InChI=1S/C22H25N3O5S2/c1-16-9-11-20(31(27,28)24(2)3)14-21(16)23-22(26)15-25(4)32(29,30)19-12-10-17-7-5-6-8-18(17)13-19/h5-14H,15H2,1-4H3,(H,23,26). The van der Waals surface area contributed by atoms with Gasteiger partial charge in [0.2, 0.25) is 26.0 Å². The second-order valence-electron chi connectivity index (χ2n) is 7.58. The smallest absolute Gasteiger partial charge is 0.243 e. The lowest BCUT2D eigenvalue weighted by molar-refractivity contribution is -0.116. The van der Waals surface area contributed by atoms with Crippen LogP contribution in [0.15, 0.2) is 70.5 Å². The normalized spacial score (nSPS) is 12.4. The molecular formula is C22H25N3O5S2. The highest BCUT2D eigenvalue weighted by molar-refractivity contribution is 7.89. The van der Waals surface area contributed by atoms with Gasteiger partial charge in [-0.1, -0.05) is 36.4 Å². The van der Waals surface area contributed by atoms with Gasteiger partial charge in [0.15, 0.2) is 0 Å². The van der Waals surface area contributed by atoms with E-state index in [1.54, 1.807) is 25.1 Å². The van der Waals surface area contributed by atoms with Crippen LogP contribution in [0.1, 0.15) is 5.56 Å². The van der Waals surface area contributed by atoms with Gasteiger partial charge in [-0.05, 0) is 47.5 Å². The molecule has 3 aromatic rings. The van der Waals surface area contributed by atoms with Crippen LogP contribution in [-0.4, -0.2) is 59.0 Å². The van der Waals surface area contributed by atoms with Crippen molar-refractivity contribution >= 4 is 42.4 Å². The summed E-state index contributed by atoms with van der Waals surface area (Å²) in [5, 5.41) is 4.31. The Kier molecular flexibility index (Phi) is 6.70. The monoisotopic (exact) mass is 475 g/mol. The van der Waals surface area contributed by atoms with E-state index in [1.807, 2.05) is 24.3 Å². The van der Waals surface area contributed by atoms with Crippen LogP contribution in [0.5, 0.6) is 0 Å². The Morgan fingerprint density at radius 3 is 2.06 bits per heavy atom. The second kappa shape index (κ2) is 8.99. The lowest BCUT2D eigenvalue weighted by Gasteiger charge is -2.18. The van der Waals surface area contributed by atoms with Crippen molar-refractivity contribution < 1.29 is 21.6 Å². The maximum absolute atomic E-state index is 13.0. The third-order valence-corrected chi connectivity index (χ3v) is 8.67. The number of nitrogens with one attached hydrogen (secondary N) is 1. The van der Waals surface area contributed by atoms with E-state index in [4.69, 9.17) is 0 Å². The van der Waals surface area contributed by atoms with Crippen molar-refractivity contribution in [3.63, 3.8) is 0 Å². The van der Waals surface area contributed by atoms with Crippen molar-refractivity contribution in [2.75, 3.05) is 33.0 Å². The van der Waals surface area contributed by atoms with E-state index in [2.05, 4.69) is 5.32 Å². The number of nitrogens with zero attached hydrogens (tertiary/aromatic N) is 2. The van der Waals surface area contributed by atoms with Crippen LogP contribution in [0.2, 0.25) is 0 Å². The van der Waals surface area contributed by atoms with Gasteiger partial charge in [0.1, 0.15) is 0 Å². The maximum Gasteiger partial charge on any atom is 0.243 e. The average Bonchev–Trinajstić information content (AvgIpc) is 2.74. The molecule has 0 radical (unpaired) electrons. The molecule has 0 saturated carbocycles. The number of hydrogen-bond acceptors (Lipinski definition) is 5. The molecule has 0 heterocycles. The molecule has 8 nitrogen and oxygen atoms in total. The summed E-state index contributed by atoms with van der Waals surface area (Å²) >= 11 is 0. The number of amides is 1. The molecule has 0 bridgehead atoms. The minimum Gasteiger partial charge on any atom is -0.325 e. The molecule has 0 atom stereocenters. The van der Waals surface area contributed by atoms with Gasteiger partial charge in [-0.15, -0.1) is 0 Å². The number of aryl methyl sites for hydroxylation is 1. The number of carbonyl (C=O) groups is 1.